The van der Waals surface area contributed by atoms with E-state index in [1.807, 2.05) is 13.0 Å². The number of ether oxygens (including phenoxy) is 2. The van der Waals surface area contributed by atoms with Crippen LogP contribution in [0, 0.1) is 17.1 Å². The normalized spacial score (nSPS) is 10.9. The topological polar surface area (TPSA) is 71.3 Å². The van der Waals surface area contributed by atoms with Crippen molar-refractivity contribution in [3.05, 3.63) is 92.1 Å². The van der Waals surface area contributed by atoms with E-state index < -0.39 is 5.91 Å². The molecule has 0 saturated heterocycles. The number of nitrogens with one attached hydrogen (secondary N) is 1. The lowest BCUT2D eigenvalue weighted by Gasteiger charge is -2.14. The maximum Gasteiger partial charge on any atom is 0.266 e. The molecular weight excluding hydrogens is 555 g/mol. The summed E-state index contributed by atoms with van der Waals surface area (Å²) in [7, 11) is 0. The van der Waals surface area contributed by atoms with Crippen LogP contribution >= 0.6 is 31.9 Å². The summed E-state index contributed by atoms with van der Waals surface area (Å²) in [6.07, 6.45) is 1.47. The lowest BCUT2D eigenvalue weighted by atomic mass is 10.1. The van der Waals surface area contributed by atoms with Crippen molar-refractivity contribution in [2.75, 3.05) is 11.9 Å². The average Bonchev–Trinajstić information content (AvgIpc) is 2.79. The molecule has 0 radical (unpaired) electrons. The number of hydrogen-bond acceptors (Lipinski definition) is 4. The summed E-state index contributed by atoms with van der Waals surface area (Å²) in [5, 5.41) is 12.2. The zero-order chi connectivity index (χ0) is 23.8. The van der Waals surface area contributed by atoms with E-state index in [1.165, 1.54) is 18.2 Å². The SMILES string of the molecule is CCOc1cc(/C=C(\C#N)C(=O)Nc2ccc(Br)cc2)c(Br)cc1OCc1cccc(F)c1. The van der Waals surface area contributed by atoms with Crippen LogP contribution in [0.2, 0.25) is 0 Å². The average molecular weight is 574 g/mol. The molecule has 0 fully saturated rings. The molecule has 0 aromatic heterocycles. The van der Waals surface area contributed by atoms with Gasteiger partial charge in [0.2, 0.25) is 0 Å². The van der Waals surface area contributed by atoms with Crippen LogP contribution in [0.4, 0.5) is 10.1 Å². The highest BCUT2D eigenvalue weighted by Crippen LogP contribution is 2.35. The molecule has 0 saturated carbocycles. The Hall–Kier alpha value is -3.15. The Labute approximate surface area is 208 Å². The number of nitrogens with zero attached hydrogens (tertiary/aromatic N) is 1. The van der Waals surface area contributed by atoms with E-state index in [4.69, 9.17) is 9.47 Å². The highest BCUT2D eigenvalue weighted by atomic mass is 79.9. The Morgan fingerprint density at radius 1 is 1.09 bits per heavy atom. The molecule has 1 N–H and O–H groups in total. The maximum absolute atomic E-state index is 13.4. The van der Waals surface area contributed by atoms with Crippen molar-refractivity contribution in [3.63, 3.8) is 0 Å². The van der Waals surface area contributed by atoms with Gasteiger partial charge < -0.3 is 14.8 Å². The third-order valence-electron chi connectivity index (χ3n) is 4.41. The Balaban J connectivity index is 1.84. The van der Waals surface area contributed by atoms with Crippen LogP contribution in [-0.2, 0) is 11.4 Å². The molecule has 0 unspecified atom stereocenters. The molecule has 8 heteroatoms. The van der Waals surface area contributed by atoms with E-state index >= 15 is 0 Å². The Morgan fingerprint density at radius 2 is 1.82 bits per heavy atom. The second-order valence-electron chi connectivity index (χ2n) is 6.80. The highest BCUT2D eigenvalue weighted by molar-refractivity contribution is 9.10. The van der Waals surface area contributed by atoms with Gasteiger partial charge in [-0.05, 0) is 72.7 Å². The van der Waals surface area contributed by atoms with Gasteiger partial charge in [0.25, 0.3) is 5.91 Å². The Morgan fingerprint density at radius 3 is 2.48 bits per heavy atom. The van der Waals surface area contributed by atoms with Crippen LogP contribution in [0.3, 0.4) is 0 Å². The van der Waals surface area contributed by atoms with E-state index in [0.717, 1.165) is 4.47 Å². The van der Waals surface area contributed by atoms with Crippen molar-refractivity contribution < 1.29 is 18.7 Å². The van der Waals surface area contributed by atoms with Gasteiger partial charge in [0.15, 0.2) is 11.5 Å². The first-order valence-electron chi connectivity index (χ1n) is 9.92. The van der Waals surface area contributed by atoms with Crippen LogP contribution in [0.25, 0.3) is 6.08 Å². The minimum Gasteiger partial charge on any atom is -0.490 e. The number of hydrogen-bond donors (Lipinski definition) is 1. The zero-order valence-corrected chi connectivity index (χ0v) is 20.7. The molecule has 3 aromatic rings. The van der Waals surface area contributed by atoms with Gasteiger partial charge in [-0.25, -0.2) is 4.39 Å². The molecule has 168 valence electrons. The summed E-state index contributed by atoms with van der Waals surface area (Å²) in [6.45, 7) is 2.37. The summed E-state index contributed by atoms with van der Waals surface area (Å²) in [5.41, 5.74) is 1.74. The van der Waals surface area contributed by atoms with E-state index in [1.54, 1.807) is 48.5 Å². The van der Waals surface area contributed by atoms with Crippen LogP contribution < -0.4 is 14.8 Å². The monoisotopic (exact) mass is 572 g/mol. The van der Waals surface area contributed by atoms with E-state index in [2.05, 4.69) is 37.2 Å². The lowest BCUT2D eigenvalue weighted by molar-refractivity contribution is -0.112. The lowest BCUT2D eigenvalue weighted by Crippen LogP contribution is -2.13. The number of amides is 1. The summed E-state index contributed by atoms with van der Waals surface area (Å²) in [4.78, 5) is 12.6. The first kappa shape index (κ1) is 24.5. The molecule has 33 heavy (non-hydrogen) atoms. The fraction of sp³-hybridized carbons (Fsp3) is 0.120. The summed E-state index contributed by atoms with van der Waals surface area (Å²) >= 11 is 6.80. The Bertz CT molecular complexity index is 1220. The van der Waals surface area contributed by atoms with Crippen LogP contribution in [0.15, 0.2) is 75.2 Å². The van der Waals surface area contributed by atoms with Gasteiger partial charge in [0.05, 0.1) is 6.61 Å². The van der Waals surface area contributed by atoms with Crippen LogP contribution in [0.5, 0.6) is 11.5 Å². The molecule has 0 heterocycles. The molecule has 3 rings (SSSR count). The van der Waals surface area contributed by atoms with Gasteiger partial charge in [-0.2, -0.15) is 5.26 Å². The maximum atomic E-state index is 13.4. The van der Waals surface area contributed by atoms with Crippen molar-refractivity contribution in [3.8, 4) is 17.6 Å². The van der Waals surface area contributed by atoms with Gasteiger partial charge in [0, 0.05) is 14.6 Å². The summed E-state index contributed by atoms with van der Waals surface area (Å²) < 4.78 is 26.4. The number of nitriles is 1. The van der Waals surface area contributed by atoms with Crippen molar-refractivity contribution >= 4 is 49.5 Å². The highest BCUT2D eigenvalue weighted by Gasteiger charge is 2.14. The second kappa shape index (κ2) is 11.6. The number of benzene rings is 3. The first-order valence-corrected chi connectivity index (χ1v) is 11.5. The van der Waals surface area contributed by atoms with Gasteiger partial charge in [-0.1, -0.05) is 44.0 Å². The molecule has 0 atom stereocenters. The van der Waals surface area contributed by atoms with Gasteiger partial charge in [-0.15, -0.1) is 0 Å². The zero-order valence-electron chi connectivity index (χ0n) is 17.6. The smallest absolute Gasteiger partial charge is 0.266 e. The van der Waals surface area contributed by atoms with Crippen LogP contribution in [-0.4, -0.2) is 12.5 Å². The Kier molecular flexibility index (Phi) is 8.64. The molecule has 1 amide bonds. The first-order chi connectivity index (χ1) is 15.9. The second-order valence-corrected chi connectivity index (χ2v) is 8.57. The van der Waals surface area contributed by atoms with Crippen LogP contribution in [0.1, 0.15) is 18.1 Å². The minimum atomic E-state index is -0.531. The molecule has 0 aliphatic rings. The molecule has 0 bridgehead atoms. The molecule has 0 aliphatic heterocycles. The summed E-state index contributed by atoms with van der Waals surface area (Å²) in [6, 6.07) is 18.5. The quantitative estimate of drug-likeness (QED) is 0.236. The molecule has 0 aliphatic carbocycles. The predicted molar refractivity (Wildman–Crippen MR) is 132 cm³/mol. The standard InChI is InChI=1S/C25H19Br2FN2O3/c1-2-32-23-12-17(11-18(14-29)25(31)30-21-8-6-19(26)7-9-21)22(27)13-24(23)33-15-16-4-3-5-20(28)10-16/h3-13H,2,15H2,1H3,(H,30,31)/b18-11+. The van der Waals surface area contributed by atoms with Crippen molar-refractivity contribution in [1.29, 1.82) is 5.26 Å². The third kappa shape index (κ3) is 6.91. The minimum absolute atomic E-state index is 0.0745. The van der Waals surface area contributed by atoms with Gasteiger partial charge in [0.1, 0.15) is 24.1 Å². The van der Waals surface area contributed by atoms with Crippen molar-refractivity contribution in [2.45, 2.75) is 13.5 Å². The van der Waals surface area contributed by atoms with Crippen molar-refractivity contribution in [1.82, 2.24) is 0 Å². The van der Waals surface area contributed by atoms with E-state index in [9.17, 15) is 14.4 Å². The number of carbonyl (C=O) groups is 1. The molecule has 3 aromatic carbocycles. The molecule has 0 spiro atoms. The number of carbonyl (C=O) groups excluding carboxylic acids is 1. The fourth-order valence-electron chi connectivity index (χ4n) is 2.87. The fourth-order valence-corrected chi connectivity index (χ4v) is 3.57. The van der Waals surface area contributed by atoms with E-state index in [-0.39, 0.29) is 18.0 Å². The molecular formula is C25H19Br2FN2O3. The number of anilines is 1. The third-order valence-corrected chi connectivity index (χ3v) is 5.63. The largest absolute Gasteiger partial charge is 0.490 e. The van der Waals surface area contributed by atoms with Crippen molar-refractivity contribution in [2.24, 2.45) is 0 Å². The number of rotatable bonds is 8. The number of halogens is 3. The summed E-state index contributed by atoms with van der Waals surface area (Å²) in [5.74, 6) is 0.0151. The van der Waals surface area contributed by atoms with Gasteiger partial charge >= 0.3 is 0 Å². The predicted octanol–water partition coefficient (Wildman–Crippen LogP) is 6.87. The van der Waals surface area contributed by atoms with E-state index in [0.29, 0.717) is 39.4 Å². The molecule has 5 nitrogen and oxygen atoms in total. The van der Waals surface area contributed by atoms with Gasteiger partial charge in [-0.3, -0.25) is 4.79 Å².